The third kappa shape index (κ3) is 3.68. The molecule has 0 radical (unpaired) electrons. The zero-order chi connectivity index (χ0) is 15.6. The van der Waals surface area contributed by atoms with Crippen LogP contribution in [0.5, 0.6) is 0 Å². The van der Waals surface area contributed by atoms with E-state index in [2.05, 4.69) is 11.4 Å². The molecule has 1 aromatic rings. The summed E-state index contributed by atoms with van der Waals surface area (Å²) in [4.78, 5) is 24.7. The molecule has 0 unspecified atom stereocenters. The van der Waals surface area contributed by atoms with Crippen LogP contribution in [0.2, 0.25) is 10.0 Å². The van der Waals surface area contributed by atoms with E-state index in [0.29, 0.717) is 13.1 Å². The number of carbonyl (C=O) groups is 2. The Morgan fingerprint density at radius 3 is 2.43 bits per heavy atom. The van der Waals surface area contributed by atoms with Gasteiger partial charge in [0.1, 0.15) is 0 Å². The van der Waals surface area contributed by atoms with Crippen LogP contribution in [0, 0.1) is 0 Å². The number of rotatable bonds is 2. The molecule has 7 heteroatoms. The maximum absolute atomic E-state index is 12.2. The van der Waals surface area contributed by atoms with Gasteiger partial charge >= 0.3 is 12.0 Å². The van der Waals surface area contributed by atoms with Crippen LogP contribution >= 0.6 is 23.2 Å². The Hall–Kier alpha value is -1.72. The minimum absolute atomic E-state index is 0.0280. The number of nitrogens with zero attached hydrogens (tertiary/aromatic N) is 1. The van der Waals surface area contributed by atoms with Crippen molar-refractivity contribution in [1.29, 1.82) is 0 Å². The average molecular weight is 329 g/mol. The van der Waals surface area contributed by atoms with Gasteiger partial charge in [0.2, 0.25) is 0 Å². The van der Waals surface area contributed by atoms with Crippen molar-refractivity contribution in [2.24, 2.45) is 0 Å². The summed E-state index contributed by atoms with van der Waals surface area (Å²) in [6, 6.07) is 2.20. The summed E-state index contributed by atoms with van der Waals surface area (Å²) in [6.45, 7) is 3.13. The van der Waals surface area contributed by atoms with Crippen LogP contribution in [0.3, 0.4) is 0 Å². The highest BCUT2D eigenvalue weighted by atomic mass is 35.5. The number of hydrogen-bond acceptors (Lipinski definition) is 2. The fourth-order valence-corrected chi connectivity index (χ4v) is 2.67. The van der Waals surface area contributed by atoms with Gasteiger partial charge in [0.25, 0.3) is 0 Å². The van der Waals surface area contributed by atoms with Gasteiger partial charge in [-0.25, -0.2) is 9.59 Å². The van der Waals surface area contributed by atoms with Gasteiger partial charge in [-0.05, 0) is 25.5 Å². The van der Waals surface area contributed by atoms with Crippen molar-refractivity contribution in [3.63, 3.8) is 0 Å². The predicted molar refractivity (Wildman–Crippen MR) is 82.4 cm³/mol. The third-order valence-electron chi connectivity index (χ3n) is 3.14. The number of urea groups is 1. The predicted octanol–water partition coefficient (Wildman–Crippen LogP) is 3.88. The van der Waals surface area contributed by atoms with E-state index in [1.54, 1.807) is 4.90 Å². The first-order valence-corrected chi connectivity index (χ1v) is 7.08. The van der Waals surface area contributed by atoms with Gasteiger partial charge in [0.05, 0.1) is 21.3 Å². The normalized spacial score (nSPS) is 14.6. The molecular formula is C14H14Cl2N2O3. The van der Waals surface area contributed by atoms with E-state index in [0.717, 1.165) is 12.0 Å². The summed E-state index contributed by atoms with van der Waals surface area (Å²) in [6.07, 6.45) is 2.89. The monoisotopic (exact) mass is 328 g/mol. The smallest absolute Gasteiger partial charge is 0.335 e. The highest BCUT2D eigenvalue weighted by Gasteiger charge is 2.19. The largest absolute Gasteiger partial charge is 0.478 e. The van der Waals surface area contributed by atoms with E-state index in [1.807, 2.05) is 6.92 Å². The second-order valence-electron chi connectivity index (χ2n) is 4.81. The Labute approximate surface area is 132 Å². The molecule has 0 aliphatic carbocycles. The first kappa shape index (κ1) is 15.7. The summed E-state index contributed by atoms with van der Waals surface area (Å²) in [7, 11) is 0. The summed E-state index contributed by atoms with van der Waals surface area (Å²) in [5.41, 5.74) is 1.31. The molecule has 1 heterocycles. The molecule has 0 bridgehead atoms. The van der Waals surface area contributed by atoms with Crippen molar-refractivity contribution in [3.8, 4) is 0 Å². The van der Waals surface area contributed by atoms with Crippen LogP contribution in [0.4, 0.5) is 10.5 Å². The van der Waals surface area contributed by atoms with Crippen molar-refractivity contribution in [2.75, 3.05) is 18.4 Å². The Balaban J connectivity index is 2.18. The van der Waals surface area contributed by atoms with Crippen molar-refractivity contribution in [2.45, 2.75) is 13.3 Å². The molecule has 2 amide bonds. The number of amides is 2. The zero-order valence-electron chi connectivity index (χ0n) is 11.3. The quantitative estimate of drug-likeness (QED) is 0.809. The van der Waals surface area contributed by atoms with Crippen LogP contribution in [-0.2, 0) is 0 Å². The maximum atomic E-state index is 12.2. The minimum atomic E-state index is -1.13. The summed E-state index contributed by atoms with van der Waals surface area (Å²) in [5.74, 6) is -1.13. The lowest BCUT2D eigenvalue weighted by atomic mass is 10.1. The standard InChI is InChI=1S/C14H14Cl2N2O3/c1-8-3-2-4-18(7-8)14(21)17-12-10(15)5-9(13(19)20)6-11(12)16/h3,5-6H,2,4,7H2,1H3,(H,17,21)(H,19,20). The van der Waals surface area contributed by atoms with Crippen molar-refractivity contribution >= 4 is 40.9 Å². The van der Waals surface area contributed by atoms with Gasteiger partial charge < -0.3 is 15.3 Å². The number of carboxylic acid groups (broad SMARTS) is 1. The highest BCUT2D eigenvalue weighted by Crippen LogP contribution is 2.32. The maximum Gasteiger partial charge on any atom is 0.335 e. The van der Waals surface area contributed by atoms with Crippen LogP contribution in [-0.4, -0.2) is 35.1 Å². The molecule has 0 saturated carbocycles. The van der Waals surface area contributed by atoms with Crippen molar-refractivity contribution in [3.05, 3.63) is 39.4 Å². The second kappa shape index (κ2) is 6.37. The summed E-state index contributed by atoms with van der Waals surface area (Å²) >= 11 is 12.0. The number of aromatic carboxylic acids is 1. The molecule has 5 nitrogen and oxygen atoms in total. The van der Waals surface area contributed by atoms with Crippen LogP contribution in [0.25, 0.3) is 0 Å². The lowest BCUT2D eigenvalue weighted by molar-refractivity contribution is 0.0697. The molecule has 0 aromatic heterocycles. The molecule has 21 heavy (non-hydrogen) atoms. The van der Waals surface area contributed by atoms with E-state index in [1.165, 1.54) is 12.1 Å². The number of anilines is 1. The minimum Gasteiger partial charge on any atom is -0.478 e. The topological polar surface area (TPSA) is 69.6 Å². The SMILES string of the molecule is CC1=CCCN(C(=O)Nc2c(Cl)cc(C(=O)O)cc2Cl)C1. The number of carbonyl (C=O) groups excluding carboxylic acids is 1. The second-order valence-corrected chi connectivity index (χ2v) is 5.63. The van der Waals surface area contributed by atoms with Crippen molar-refractivity contribution in [1.82, 2.24) is 4.90 Å². The zero-order valence-corrected chi connectivity index (χ0v) is 12.8. The first-order valence-electron chi connectivity index (χ1n) is 6.32. The van der Waals surface area contributed by atoms with Gasteiger partial charge in [-0.1, -0.05) is 34.9 Å². The van der Waals surface area contributed by atoms with Gasteiger partial charge in [-0.3, -0.25) is 0 Å². The fourth-order valence-electron chi connectivity index (χ4n) is 2.09. The number of halogens is 2. The number of hydrogen-bond donors (Lipinski definition) is 2. The van der Waals surface area contributed by atoms with Gasteiger partial charge in [-0.2, -0.15) is 0 Å². The van der Waals surface area contributed by atoms with Crippen LogP contribution in [0.15, 0.2) is 23.8 Å². The van der Waals surface area contributed by atoms with E-state index in [4.69, 9.17) is 28.3 Å². The number of nitrogens with one attached hydrogen (secondary N) is 1. The molecule has 0 spiro atoms. The first-order chi connectivity index (χ1) is 9.88. The van der Waals surface area contributed by atoms with Gasteiger partial charge in [-0.15, -0.1) is 0 Å². The van der Waals surface area contributed by atoms with Gasteiger partial charge in [0, 0.05) is 13.1 Å². The molecule has 0 fully saturated rings. The van der Waals surface area contributed by atoms with Crippen LogP contribution < -0.4 is 5.32 Å². The molecule has 2 rings (SSSR count). The number of carboxylic acids is 1. The molecule has 1 aliphatic rings. The summed E-state index contributed by atoms with van der Waals surface area (Å²) in [5, 5.41) is 11.7. The van der Waals surface area contributed by atoms with Gasteiger partial charge in [0.15, 0.2) is 0 Å². The lowest BCUT2D eigenvalue weighted by Crippen LogP contribution is -2.38. The molecule has 1 aliphatic heterocycles. The molecule has 2 N–H and O–H groups in total. The van der Waals surface area contributed by atoms with Crippen LogP contribution in [0.1, 0.15) is 23.7 Å². The molecule has 0 atom stereocenters. The molecule has 0 saturated heterocycles. The lowest BCUT2D eigenvalue weighted by Gasteiger charge is -2.26. The van der Waals surface area contributed by atoms with Crippen molar-refractivity contribution < 1.29 is 14.7 Å². The Morgan fingerprint density at radius 1 is 1.29 bits per heavy atom. The average Bonchev–Trinajstić information content (AvgIpc) is 2.42. The third-order valence-corrected chi connectivity index (χ3v) is 3.74. The number of benzene rings is 1. The summed E-state index contributed by atoms with van der Waals surface area (Å²) < 4.78 is 0. The molecular weight excluding hydrogens is 315 g/mol. The van der Waals surface area contributed by atoms with E-state index in [-0.39, 0.29) is 27.3 Å². The van der Waals surface area contributed by atoms with E-state index >= 15 is 0 Å². The Bertz CT molecular complexity index is 606. The Kier molecular flexibility index (Phi) is 4.75. The molecule has 1 aromatic carbocycles. The van der Waals surface area contributed by atoms with E-state index in [9.17, 15) is 9.59 Å². The highest BCUT2D eigenvalue weighted by molar-refractivity contribution is 6.40. The Morgan fingerprint density at radius 2 is 1.90 bits per heavy atom. The van der Waals surface area contributed by atoms with E-state index < -0.39 is 5.97 Å². The molecule has 112 valence electrons. The fraction of sp³-hybridized carbons (Fsp3) is 0.286.